The molecule has 0 amide bonds. The Balaban J connectivity index is 1.82. The minimum atomic E-state index is 0.547. The first-order valence-electron chi connectivity index (χ1n) is 4.95. The van der Waals surface area contributed by atoms with E-state index in [4.69, 9.17) is 5.73 Å². The van der Waals surface area contributed by atoms with Crippen molar-refractivity contribution < 1.29 is 0 Å². The molecule has 1 nitrogen and oxygen atoms in total. The van der Waals surface area contributed by atoms with Gasteiger partial charge < -0.3 is 5.73 Å². The average molecular weight is 151 g/mol. The summed E-state index contributed by atoms with van der Waals surface area (Å²) >= 11 is 0. The lowest BCUT2D eigenvalue weighted by Crippen LogP contribution is -2.64. The number of rotatable bonds is 0. The van der Waals surface area contributed by atoms with Crippen LogP contribution in [0.2, 0.25) is 0 Å². The molecule has 3 aliphatic rings. The van der Waals surface area contributed by atoms with E-state index in [1.807, 2.05) is 0 Å². The first kappa shape index (κ1) is 6.47. The summed E-state index contributed by atoms with van der Waals surface area (Å²) in [5.74, 6) is 3.16. The molecule has 0 radical (unpaired) electrons. The summed E-state index contributed by atoms with van der Waals surface area (Å²) < 4.78 is 0. The molecule has 5 atom stereocenters. The molecule has 62 valence electrons. The molecule has 1 heteroatoms. The second-order valence-corrected chi connectivity index (χ2v) is 5.34. The summed E-state index contributed by atoms with van der Waals surface area (Å²) in [5.41, 5.74) is 6.77. The van der Waals surface area contributed by atoms with Gasteiger partial charge in [-0.05, 0) is 48.9 Å². The lowest BCUT2D eigenvalue weighted by molar-refractivity contribution is -0.199. The summed E-state index contributed by atoms with van der Waals surface area (Å²) in [4.78, 5) is 0. The van der Waals surface area contributed by atoms with E-state index in [2.05, 4.69) is 6.92 Å². The molecule has 3 aliphatic carbocycles. The normalized spacial score (nSPS) is 66.0. The Labute approximate surface area is 68.3 Å². The van der Waals surface area contributed by atoms with E-state index in [-0.39, 0.29) is 0 Å². The Morgan fingerprint density at radius 1 is 1.18 bits per heavy atom. The Morgan fingerprint density at radius 2 is 1.73 bits per heavy atom. The van der Waals surface area contributed by atoms with Crippen LogP contribution in [-0.4, -0.2) is 6.04 Å². The van der Waals surface area contributed by atoms with Gasteiger partial charge in [0, 0.05) is 6.04 Å². The fourth-order valence-electron chi connectivity index (χ4n) is 4.34. The molecule has 0 bridgehead atoms. The van der Waals surface area contributed by atoms with Crippen LogP contribution in [0.15, 0.2) is 0 Å². The SMILES string of the molecule is CC12C[C@H]3CC(N)C[C@@H](C1)C32. The number of nitrogens with two attached hydrogens (primary N) is 1. The van der Waals surface area contributed by atoms with Gasteiger partial charge in [-0.1, -0.05) is 6.92 Å². The Kier molecular flexibility index (Phi) is 0.976. The van der Waals surface area contributed by atoms with Crippen molar-refractivity contribution in [3.63, 3.8) is 0 Å². The van der Waals surface area contributed by atoms with Crippen molar-refractivity contribution in [2.24, 2.45) is 28.9 Å². The van der Waals surface area contributed by atoms with Crippen molar-refractivity contribution in [1.82, 2.24) is 0 Å². The van der Waals surface area contributed by atoms with Crippen LogP contribution < -0.4 is 5.73 Å². The molecule has 0 aromatic rings. The van der Waals surface area contributed by atoms with Crippen LogP contribution in [-0.2, 0) is 0 Å². The molecule has 2 N–H and O–H groups in total. The Hall–Kier alpha value is -0.0400. The van der Waals surface area contributed by atoms with E-state index < -0.39 is 0 Å². The van der Waals surface area contributed by atoms with Gasteiger partial charge in [0.15, 0.2) is 0 Å². The quantitative estimate of drug-likeness (QED) is 0.561. The van der Waals surface area contributed by atoms with Gasteiger partial charge in [-0.2, -0.15) is 0 Å². The van der Waals surface area contributed by atoms with Gasteiger partial charge in [0.25, 0.3) is 0 Å². The first-order valence-corrected chi connectivity index (χ1v) is 4.95. The monoisotopic (exact) mass is 151 g/mol. The van der Waals surface area contributed by atoms with Crippen molar-refractivity contribution in [1.29, 1.82) is 0 Å². The van der Waals surface area contributed by atoms with Gasteiger partial charge in [0.05, 0.1) is 0 Å². The van der Waals surface area contributed by atoms with Crippen molar-refractivity contribution >= 4 is 0 Å². The second-order valence-electron chi connectivity index (χ2n) is 5.34. The molecule has 0 aromatic carbocycles. The van der Waals surface area contributed by atoms with Gasteiger partial charge >= 0.3 is 0 Å². The maximum absolute atomic E-state index is 5.98. The van der Waals surface area contributed by atoms with Crippen LogP contribution in [0.1, 0.15) is 32.6 Å². The molecular weight excluding hydrogens is 134 g/mol. The standard InChI is InChI=1S/C10H17N/c1-10-4-6-2-8(11)3-7(5-10)9(6)10/h6-9H,2-5,11H2,1H3/t6-,7+,8?,9?,10?. The maximum Gasteiger partial charge on any atom is 0.00443 e. The predicted octanol–water partition coefficient (Wildman–Crippen LogP) is 1.77. The van der Waals surface area contributed by atoms with Crippen molar-refractivity contribution in [3.05, 3.63) is 0 Å². The summed E-state index contributed by atoms with van der Waals surface area (Å²) in [6, 6.07) is 0.547. The molecule has 0 aromatic heterocycles. The second kappa shape index (κ2) is 1.66. The van der Waals surface area contributed by atoms with Gasteiger partial charge in [-0.25, -0.2) is 0 Å². The highest BCUT2D eigenvalue weighted by molar-refractivity contribution is 5.13. The zero-order chi connectivity index (χ0) is 7.64. The van der Waals surface area contributed by atoms with Crippen molar-refractivity contribution in [2.45, 2.75) is 38.6 Å². The van der Waals surface area contributed by atoms with Gasteiger partial charge in [-0.15, -0.1) is 0 Å². The molecule has 0 spiro atoms. The molecule has 0 heterocycles. The van der Waals surface area contributed by atoms with E-state index in [9.17, 15) is 0 Å². The fraction of sp³-hybridized carbons (Fsp3) is 1.00. The molecular formula is C10H17N. The number of hydrogen-bond acceptors (Lipinski definition) is 1. The zero-order valence-electron chi connectivity index (χ0n) is 7.22. The summed E-state index contributed by atoms with van der Waals surface area (Å²) in [6.45, 7) is 2.47. The number of hydrogen-bond donors (Lipinski definition) is 1. The van der Waals surface area contributed by atoms with E-state index in [1.54, 1.807) is 0 Å². The van der Waals surface area contributed by atoms with Crippen molar-refractivity contribution in [2.75, 3.05) is 0 Å². The topological polar surface area (TPSA) is 26.0 Å². The van der Waals surface area contributed by atoms with Gasteiger partial charge in [0.2, 0.25) is 0 Å². The Bertz CT molecular complexity index is 179. The smallest absolute Gasteiger partial charge is 0.00443 e. The minimum absolute atomic E-state index is 0.547. The molecule has 3 saturated carbocycles. The van der Waals surface area contributed by atoms with E-state index in [0.29, 0.717) is 6.04 Å². The molecule has 11 heavy (non-hydrogen) atoms. The van der Waals surface area contributed by atoms with E-state index in [1.165, 1.54) is 25.7 Å². The predicted molar refractivity (Wildman–Crippen MR) is 45.0 cm³/mol. The lowest BCUT2D eigenvalue weighted by Gasteiger charge is -2.70. The third-order valence-corrected chi connectivity index (χ3v) is 4.49. The van der Waals surface area contributed by atoms with E-state index >= 15 is 0 Å². The van der Waals surface area contributed by atoms with Gasteiger partial charge in [0.1, 0.15) is 0 Å². The van der Waals surface area contributed by atoms with Crippen LogP contribution in [0, 0.1) is 23.2 Å². The molecule has 3 fully saturated rings. The molecule has 3 unspecified atom stereocenters. The van der Waals surface area contributed by atoms with Crippen LogP contribution >= 0.6 is 0 Å². The van der Waals surface area contributed by atoms with Gasteiger partial charge in [-0.3, -0.25) is 0 Å². The van der Waals surface area contributed by atoms with E-state index in [0.717, 1.165) is 23.2 Å². The fourth-order valence-corrected chi connectivity index (χ4v) is 4.34. The first-order chi connectivity index (χ1) is 5.19. The highest BCUT2D eigenvalue weighted by Crippen LogP contribution is 2.70. The maximum atomic E-state index is 5.98. The summed E-state index contributed by atoms with van der Waals surface area (Å²) in [7, 11) is 0. The lowest BCUT2D eigenvalue weighted by atomic mass is 9.36. The molecule has 0 saturated heterocycles. The highest BCUT2D eigenvalue weighted by Gasteiger charge is 2.63. The van der Waals surface area contributed by atoms with Crippen molar-refractivity contribution in [3.8, 4) is 0 Å². The largest absolute Gasteiger partial charge is 0.328 e. The summed E-state index contributed by atoms with van der Waals surface area (Å²) in [5, 5.41) is 0. The van der Waals surface area contributed by atoms with Crippen LogP contribution in [0.4, 0.5) is 0 Å². The molecule has 3 rings (SSSR count). The average Bonchev–Trinajstić information content (AvgIpc) is 1.81. The zero-order valence-corrected chi connectivity index (χ0v) is 7.22. The van der Waals surface area contributed by atoms with Crippen LogP contribution in [0.5, 0.6) is 0 Å². The third kappa shape index (κ3) is 0.618. The highest BCUT2D eigenvalue weighted by atomic mass is 14.7. The summed E-state index contributed by atoms with van der Waals surface area (Å²) in [6.07, 6.45) is 5.64. The third-order valence-electron chi connectivity index (χ3n) is 4.49. The Morgan fingerprint density at radius 3 is 2.18 bits per heavy atom. The minimum Gasteiger partial charge on any atom is -0.328 e. The molecule has 0 aliphatic heterocycles. The van der Waals surface area contributed by atoms with Crippen LogP contribution in [0.3, 0.4) is 0 Å². The van der Waals surface area contributed by atoms with Crippen LogP contribution in [0.25, 0.3) is 0 Å².